The highest BCUT2D eigenvalue weighted by Gasteiger charge is 2.14. The smallest absolute Gasteiger partial charge is 0.213 e. The van der Waals surface area contributed by atoms with E-state index < -0.39 is 0 Å². The zero-order valence-corrected chi connectivity index (χ0v) is 16.3. The van der Waals surface area contributed by atoms with Gasteiger partial charge in [0.05, 0.1) is 4.88 Å². The topological polar surface area (TPSA) is 50.1 Å². The number of halogens is 2. The van der Waals surface area contributed by atoms with Crippen LogP contribution in [0, 0.1) is 11.3 Å². The Balaban J connectivity index is 1.87. The van der Waals surface area contributed by atoms with E-state index in [1.165, 1.54) is 17.4 Å². The van der Waals surface area contributed by atoms with E-state index >= 15 is 0 Å². The number of Topliss-reactive ketones (excluding diaryl/α,β-unsaturated/α-hetero) is 1. The number of allylic oxidation sites excluding steroid dienone is 1. The maximum Gasteiger partial charge on any atom is 0.213 e. The molecule has 0 aliphatic heterocycles. The standard InChI is InChI=1S/C21H13Cl2NO2S/c22-17-6-3-7-18(23)16(17)13-26-19-8-2-1-5-14(19)11-15(12-24)21(25)20-9-4-10-27-20/h1-11H,13H2/b15-11-. The number of nitrogens with zero attached hydrogens (tertiary/aromatic N) is 1. The van der Waals surface area contributed by atoms with Gasteiger partial charge in [0, 0.05) is 21.2 Å². The predicted molar refractivity (Wildman–Crippen MR) is 109 cm³/mol. The quantitative estimate of drug-likeness (QED) is 0.266. The maximum absolute atomic E-state index is 12.5. The van der Waals surface area contributed by atoms with Crippen molar-refractivity contribution in [1.29, 1.82) is 5.26 Å². The first kappa shape index (κ1) is 19.2. The number of benzene rings is 2. The third-order valence-electron chi connectivity index (χ3n) is 3.76. The van der Waals surface area contributed by atoms with Gasteiger partial charge in [0.2, 0.25) is 5.78 Å². The molecule has 3 nitrogen and oxygen atoms in total. The van der Waals surface area contributed by atoms with Crippen molar-refractivity contribution in [1.82, 2.24) is 0 Å². The SMILES string of the molecule is N#C/C(=C/c1ccccc1OCc1c(Cl)cccc1Cl)C(=O)c1cccs1. The summed E-state index contributed by atoms with van der Waals surface area (Å²) in [4.78, 5) is 13.0. The molecule has 0 saturated heterocycles. The summed E-state index contributed by atoms with van der Waals surface area (Å²) in [6.45, 7) is 0.171. The van der Waals surface area contributed by atoms with E-state index in [2.05, 4.69) is 0 Å². The highest BCUT2D eigenvalue weighted by molar-refractivity contribution is 7.12. The number of ketones is 1. The second kappa shape index (κ2) is 8.88. The Morgan fingerprint density at radius 1 is 1.07 bits per heavy atom. The van der Waals surface area contributed by atoms with Gasteiger partial charge in [-0.05, 0) is 35.7 Å². The Labute approximate surface area is 171 Å². The molecule has 0 spiro atoms. The third kappa shape index (κ3) is 4.58. The Bertz CT molecular complexity index is 1020. The molecule has 2 aromatic carbocycles. The van der Waals surface area contributed by atoms with E-state index in [0.717, 1.165) is 0 Å². The minimum absolute atomic E-state index is 0.0456. The molecule has 0 amide bonds. The summed E-state index contributed by atoms with van der Waals surface area (Å²) in [6, 6.07) is 17.9. The minimum Gasteiger partial charge on any atom is -0.488 e. The first-order valence-electron chi connectivity index (χ1n) is 7.95. The first-order chi connectivity index (χ1) is 13.1. The molecule has 6 heteroatoms. The molecule has 0 aliphatic rings. The van der Waals surface area contributed by atoms with E-state index in [4.69, 9.17) is 27.9 Å². The number of rotatable bonds is 6. The highest BCUT2D eigenvalue weighted by atomic mass is 35.5. The van der Waals surface area contributed by atoms with Crippen LogP contribution in [0.15, 0.2) is 65.6 Å². The van der Waals surface area contributed by atoms with Crippen molar-refractivity contribution in [3.8, 4) is 11.8 Å². The maximum atomic E-state index is 12.5. The van der Waals surface area contributed by atoms with Crippen LogP contribution in [0.3, 0.4) is 0 Å². The molecule has 0 aliphatic carbocycles. The van der Waals surface area contributed by atoms with E-state index in [1.807, 2.05) is 18.2 Å². The van der Waals surface area contributed by atoms with Crippen LogP contribution in [0.4, 0.5) is 0 Å². The second-order valence-corrected chi connectivity index (χ2v) is 7.27. The van der Waals surface area contributed by atoms with E-state index in [9.17, 15) is 10.1 Å². The van der Waals surface area contributed by atoms with E-state index in [0.29, 0.717) is 31.8 Å². The average molecular weight is 414 g/mol. The van der Waals surface area contributed by atoms with Crippen LogP contribution in [-0.2, 0) is 6.61 Å². The van der Waals surface area contributed by atoms with Gasteiger partial charge >= 0.3 is 0 Å². The molecular weight excluding hydrogens is 401 g/mol. The Morgan fingerprint density at radius 2 is 1.81 bits per heavy atom. The lowest BCUT2D eigenvalue weighted by Gasteiger charge is -2.11. The summed E-state index contributed by atoms with van der Waals surface area (Å²) < 4.78 is 5.87. The fourth-order valence-corrected chi connectivity index (χ4v) is 3.58. The number of thiophene rings is 1. The zero-order valence-electron chi connectivity index (χ0n) is 14.0. The number of para-hydroxylation sites is 1. The first-order valence-corrected chi connectivity index (χ1v) is 9.58. The molecule has 0 unspecified atom stereocenters. The summed E-state index contributed by atoms with van der Waals surface area (Å²) in [6.07, 6.45) is 1.53. The van der Waals surface area contributed by atoms with Gasteiger partial charge in [0.25, 0.3) is 0 Å². The number of ether oxygens (including phenoxy) is 1. The van der Waals surface area contributed by atoms with Crippen molar-refractivity contribution in [3.05, 3.63) is 91.6 Å². The highest BCUT2D eigenvalue weighted by Crippen LogP contribution is 2.28. The van der Waals surface area contributed by atoms with Gasteiger partial charge in [-0.25, -0.2) is 0 Å². The summed E-state index contributed by atoms with van der Waals surface area (Å²) in [5.41, 5.74) is 1.35. The van der Waals surface area contributed by atoms with Crippen LogP contribution in [0.1, 0.15) is 20.8 Å². The molecule has 0 bridgehead atoms. The lowest BCUT2D eigenvalue weighted by Crippen LogP contribution is -2.01. The zero-order chi connectivity index (χ0) is 19.2. The second-order valence-electron chi connectivity index (χ2n) is 5.50. The van der Waals surface area contributed by atoms with Gasteiger partial charge in [0.1, 0.15) is 24.0 Å². The molecule has 1 heterocycles. The summed E-state index contributed by atoms with van der Waals surface area (Å²) in [7, 11) is 0. The largest absolute Gasteiger partial charge is 0.488 e. The van der Waals surface area contributed by atoms with Crippen molar-refractivity contribution < 1.29 is 9.53 Å². The normalized spacial score (nSPS) is 11.1. The predicted octanol–water partition coefficient (Wildman–Crippen LogP) is 6.42. The van der Waals surface area contributed by atoms with Gasteiger partial charge in [-0.3, -0.25) is 4.79 Å². The van der Waals surface area contributed by atoms with Crippen LogP contribution in [0.2, 0.25) is 10.0 Å². The summed E-state index contributed by atoms with van der Waals surface area (Å²) in [5, 5.41) is 12.2. The summed E-state index contributed by atoms with van der Waals surface area (Å²) in [5.74, 6) is 0.219. The van der Waals surface area contributed by atoms with Crippen molar-refractivity contribution in [2.75, 3.05) is 0 Å². The van der Waals surface area contributed by atoms with Crippen LogP contribution in [-0.4, -0.2) is 5.78 Å². The molecule has 27 heavy (non-hydrogen) atoms. The Morgan fingerprint density at radius 3 is 2.48 bits per heavy atom. The number of hydrogen-bond acceptors (Lipinski definition) is 4. The van der Waals surface area contributed by atoms with Gasteiger partial charge in [0.15, 0.2) is 0 Å². The Kier molecular flexibility index (Phi) is 6.31. The monoisotopic (exact) mass is 413 g/mol. The van der Waals surface area contributed by atoms with Crippen LogP contribution >= 0.6 is 34.5 Å². The van der Waals surface area contributed by atoms with Gasteiger partial charge in [-0.1, -0.05) is 53.5 Å². The van der Waals surface area contributed by atoms with Crippen LogP contribution in [0.25, 0.3) is 6.08 Å². The number of carbonyl (C=O) groups excluding carboxylic acids is 1. The fraction of sp³-hybridized carbons (Fsp3) is 0.0476. The van der Waals surface area contributed by atoms with Crippen molar-refractivity contribution >= 4 is 46.4 Å². The molecule has 0 fully saturated rings. The Hall–Kier alpha value is -2.58. The molecule has 0 radical (unpaired) electrons. The summed E-state index contributed by atoms with van der Waals surface area (Å²) >= 11 is 13.7. The molecule has 0 atom stereocenters. The third-order valence-corrected chi connectivity index (χ3v) is 5.34. The minimum atomic E-state index is -0.309. The van der Waals surface area contributed by atoms with Crippen LogP contribution < -0.4 is 4.74 Å². The average Bonchev–Trinajstić information content (AvgIpc) is 3.21. The molecule has 0 saturated carbocycles. The molecule has 134 valence electrons. The molecule has 3 rings (SSSR count). The molecule has 1 aromatic heterocycles. The number of nitriles is 1. The number of carbonyl (C=O) groups is 1. The van der Waals surface area contributed by atoms with E-state index in [-0.39, 0.29) is 18.0 Å². The lowest BCUT2D eigenvalue weighted by atomic mass is 10.1. The lowest BCUT2D eigenvalue weighted by molar-refractivity contribution is 0.104. The fourth-order valence-electron chi connectivity index (χ4n) is 2.40. The van der Waals surface area contributed by atoms with Gasteiger partial charge in [-0.15, -0.1) is 11.3 Å². The van der Waals surface area contributed by atoms with Gasteiger partial charge < -0.3 is 4.74 Å². The van der Waals surface area contributed by atoms with Crippen molar-refractivity contribution in [2.24, 2.45) is 0 Å². The molecular formula is C21H13Cl2NO2S. The van der Waals surface area contributed by atoms with Gasteiger partial charge in [-0.2, -0.15) is 5.26 Å². The molecule has 3 aromatic rings. The van der Waals surface area contributed by atoms with Crippen molar-refractivity contribution in [2.45, 2.75) is 6.61 Å². The van der Waals surface area contributed by atoms with Crippen LogP contribution in [0.5, 0.6) is 5.75 Å². The van der Waals surface area contributed by atoms with E-state index in [1.54, 1.807) is 47.8 Å². The van der Waals surface area contributed by atoms with Crippen molar-refractivity contribution in [3.63, 3.8) is 0 Å². The number of hydrogen-bond donors (Lipinski definition) is 0. The molecule has 0 N–H and O–H groups in total.